The molecule has 53 heavy (non-hydrogen) atoms. The molecule has 1 saturated heterocycles. The van der Waals surface area contributed by atoms with Crippen molar-refractivity contribution >= 4 is 30.1 Å². The third-order valence-electron chi connectivity index (χ3n) is 9.15. The van der Waals surface area contributed by atoms with Gasteiger partial charge in [-0.25, -0.2) is 0 Å². The molecule has 7 rings (SSSR count). The minimum absolute atomic E-state index is 0.340. The summed E-state index contributed by atoms with van der Waals surface area (Å²) in [4.78, 5) is 58.6. The van der Waals surface area contributed by atoms with Crippen LogP contribution in [-0.2, 0) is 68.5 Å². The fourth-order valence-electron chi connectivity index (χ4n) is 5.57. The number of ether oxygens (including phenoxy) is 5. The Balaban J connectivity index is 1.83. The lowest BCUT2D eigenvalue weighted by atomic mass is 9.92. The number of aryl methyl sites for hydroxylation is 4. The van der Waals surface area contributed by atoms with Crippen molar-refractivity contribution in [2.75, 3.05) is 6.61 Å². The predicted molar refractivity (Wildman–Crippen MR) is 202 cm³/mol. The van der Waals surface area contributed by atoms with Gasteiger partial charge in [-0.05, 0) is 143 Å². The second kappa shape index (κ2) is 16.1. The van der Waals surface area contributed by atoms with E-state index < -0.39 is 76.2 Å². The number of carbonyl (C=O) groups excluding carboxylic acids is 4. The summed E-state index contributed by atoms with van der Waals surface area (Å²) in [6, 6.07) is 15.1. The molecule has 4 aliphatic carbocycles. The van der Waals surface area contributed by atoms with E-state index in [2.05, 4.69) is 42.5 Å². The molecule has 0 spiro atoms. The maximum atomic E-state index is 13.6. The Kier molecular flexibility index (Phi) is 12.7. The standard InChI is InChI=1S/C43H59NO9/c1-40(2,3)36(45)49-25-31-32(51-37(46)41(4,5)6)33(52-38(47)42(7,8)9)34(53-39(48)43(10,11)12)35(50-31)44-24-30-23-28-18-17-26-13-15-27(16-14-26)19-21-29(30)22-20-28/h13-16,20,22-24,31-35H,17-19,21,25H2,1-12H3/b44-24+/t31-,32+,33+,34-,35-/m1/s1. The molecule has 0 saturated carbocycles. The summed E-state index contributed by atoms with van der Waals surface area (Å²) in [5, 5.41) is 0. The molecule has 4 bridgehead atoms. The number of rotatable bonds is 7. The first-order valence-corrected chi connectivity index (χ1v) is 18.6. The van der Waals surface area contributed by atoms with Crippen molar-refractivity contribution in [1.29, 1.82) is 0 Å². The van der Waals surface area contributed by atoms with Crippen LogP contribution in [-0.4, -0.2) is 67.3 Å². The average Bonchev–Trinajstić information content (AvgIpc) is 3.04. The topological polar surface area (TPSA) is 127 Å². The van der Waals surface area contributed by atoms with Crippen LogP contribution in [0, 0.1) is 21.7 Å². The van der Waals surface area contributed by atoms with Crippen LogP contribution in [0.3, 0.4) is 0 Å². The molecule has 290 valence electrons. The first kappa shape index (κ1) is 41.7. The van der Waals surface area contributed by atoms with E-state index in [0.29, 0.717) is 0 Å². The van der Waals surface area contributed by atoms with E-state index in [-0.39, 0.29) is 6.61 Å². The molecular weight excluding hydrogens is 674 g/mol. The van der Waals surface area contributed by atoms with Gasteiger partial charge in [-0.2, -0.15) is 0 Å². The van der Waals surface area contributed by atoms with Crippen molar-refractivity contribution in [3.8, 4) is 0 Å². The highest BCUT2D eigenvalue weighted by Gasteiger charge is 2.54. The molecule has 0 unspecified atom stereocenters. The highest BCUT2D eigenvalue weighted by Crippen LogP contribution is 2.35. The fraction of sp³-hybridized carbons (Fsp3) is 0.605. The third-order valence-corrected chi connectivity index (χ3v) is 9.15. The molecule has 0 amide bonds. The van der Waals surface area contributed by atoms with Crippen LogP contribution in [0.5, 0.6) is 0 Å². The molecule has 0 radical (unpaired) electrons. The highest BCUT2D eigenvalue weighted by atomic mass is 16.7. The molecule has 1 heterocycles. The van der Waals surface area contributed by atoms with Crippen molar-refractivity contribution in [2.45, 2.75) is 139 Å². The number of benzene rings is 2. The number of esters is 4. The average molecular weight is 734 g/mol. The maximum absolute atomic E-state index is 13.6. The molecule has 0 N–H and O–H groups in total. The Hall–Kier alpha value is -4.05. The Bertz CT molecular complexity index is 1670. The van der Waals surface area contributed by atoms with E-state index in [1.54, 1.807) is 89.3 Å². The Morgan fingerprint density at radius 1 is 0.604 bits per heavy atom. The van der Waals surface area contributed by atoms with E-state index in [1.807, 2.05) is 0 Å². The summed E-state index contributed by atoms with van der Waals surface area (Å²) in [6.45, 7) is 20.1. The first-order chi connectivity index (χ1) is 24.4. The van der Waals surface area contributed by atoms with Crippen LogP contribution < -0.4 is 0 Å². The number of hydrogen-bond donors (Lipinski definition) is 0. The lowest BCUT2D eigenvalue weighted by Crippen LogP contribution is -2.63. The van der Waals surface area contributed by atoms with E-state index in [0.717, 1.165) is 42.4 Å². The second-order valence-electron chi connectivity index (χ2n) is 18.4. The van der Waals surface area contributed by atoms with Crippen molar-refractivity contribution in [2.24, 2.45) is 26.7 Å². The Morgan fingerprint density at radius 2 is 1.04 bits per heavy atom. The van der Waals surface area contributed by atoms with Gasteiger partial charge in [0, 0.05) is 6.21 Å². The fourth-order valence-corrected chi connectivity index (χ4v) is 5.57. The first-order valence-electron chi connectivity index (χ1n) is 18.6. The zero-order chi connectivity index (χ0) is 39.5. The zero-order valence-electron chi connectivity index (χ0n) is 33.7. The largest absolute Gasteiger partial charge is 0.462 e. The summed E-state index contributed by atoms with van der Waals surface area (Å²) in [6.07, 6.45) is -1.36. The lowest BCUT2D eigenvalue weighted by molar-refractivity contribution is -0.258. The molecule has 0 aromatic heterocycles. The summed E-state index contributed by atoms with van der Waals surface area (Å²) in [5.41, 5.74) is 1.87. The summed E-state index contributed by atoms with van der Waals surface area (Å²) < 4.78 is 30.6. The zero-order valence-corrected chi connectivity index (χ0v) is 33.7. The molecule has 10 nitrogen and oxygen atoms in total. The van der Waals surface area contributed by atoms with E-state index in [9.17, 15) is 19.2 Å². The van der Waals surface area contributed by atoms with Gasteiger partial charge in [0.25, 0.3) is 0 Å². The van der Waals surface area contributed by atoms with Gasteiger partial charge in [-0.15, -0.1) is 0 Å². The van der Waals surface area contributed by atoms with Gasteiger partial charge in [-0.1, -0.05) is 36.4 Å². The lowest BCUT2D eigenvalue weighted by Gasteiger charge is -2.45. The van der Waals surface area contributed by atoms with Crippen molar-refractivity contribution in [3.63, 3.8) is 0 Å². The normalized spacial score (nSPS) is 22.5. The van der Waals surface area contributed by atoms with Crippen LogP contribution >= 0.6 is 0 Å². The predicted octanol–water partition coefficient (Wildman–Crippen LogP) is 7.18. The van der Waals surface area contributed by atoms with Gasteiger partial charge in [0.1, 0.15) is 12.7 Å². The van der Waals surface area contributed by atoms with Crippen LogP contribution in [0.4, 0.5) is 0 Å². The summed E-state index contributed by atoms with van der Waals surface area (Å²) in [7, 11) is 0. The van der Waals surface area contributed by atoms with E-state index >= 15 is 0 Å². The maximum Gasteiger partial charge on any atom is 0.311 e. The van der Waals surface area contributed by atoms with E-state index in [1.165, 1.54) is 11.1 Å². The Labute approximate surface area is 315 Å². The highest BCUT2D eigenvalue weighted by molar-refractivity contribution is 5.82. The quantitative estimate of drug-likeness (QED) is 0.165. The van der Waals surface area contributed by atoms with Gasteiger partial charge in [0.05, 0.1) is 21.7 Å². The van der Waals surface area contributed by atoms with Gasteiger partial charge in [-0.3, -0.25) is 24.2 Å². The van der Waals surface area contributed by atoms with Crippen LogP contribution in [0.25, 0.3) is 0 Å². The molecule has 1 fully saturated rings. The number of carbonyl (C=O) groups is 4. The smallest absolute Gasteiger partial charge is 0.311 e. The minimum atomic E-state index is -1.36. The van der Waals surface area contributed by atoms with Gasteiger partial charge < -0.3 is 23.7 Å². The van der Waals surface area contributed by atoms with Crippen LogP contribution in [0.1, 0.15) is 111 Å². The van der Waals surface area contributed by atoms with Crippen molar-refractivity contribution in [1.82, 2.24) is 0 Å². The molecule has 2 aromatic rings. The van der Waals surface area contributed by atoms with Gasteiger partial charge in [0.2, 0.25) is 0 Å². The number of aliphatic imine (C=N–C) groups is 1. The summed E-state index contributed by atoms with van der Waals surface area (Å²) >= 11 is 0. The van der Waals surface area contributed by atoms with Gasteiger partial charge in [0.15, 0.2) is 24.5 Å². The van der Waals surface area contributed by atoms with E-state index in [4.69, 9.17) is 28.7 Å². The van der Waals surface area contributed by atoms with Crippen LogP contribution in [0.2, 0.25) is 0 Å². The molecule has 5 atom stereocenters. The molecule has 1 aliphatic heterocycles. The number of hydrogen-bond acceptors (Lipinski definition) is 10. The van der Waals surface area contributed by atoms with Gasteiger partial charge >= 0.3 is 23.9 Å². The van der Waals surface area contributed by atoms with Crippen molar-refractivity contribution < 1.29 is 42.9 Å². The summed E-state index contributed by atoms with van der Waals surface area (Å²) in [5.74, 6) is -2.32. The second-order valence-corrected chi connectivity index (χ2v) is 18.4. The molecule has 2 aromatic carbocycles. The molecule has 10 heteroatoms. The third kappa shape index (κ3) is 11.2. The molecular formula is C43H59NO9. The Morgan fingerprint density at radius 3 is 1.55 bits per heavy atom. The minimum Gasteiger partial charge on any atom is -0.462 e. The SMILES string of the molecule is CC(C)(C)C(=O)OC[C@H]1O[C@@H](/N=C/c2cc3ccc2CCc2ccc(cc2)CC3)[C@H](OC(=O)C(C)(C)C)[C@@H](OC(=O)C(C)(C)C)[C@H]1OC(=O)C(C)(C)C. The molecule has 5 aliphatic rings. The van der Waals surface area contributed by atoms with Crippen LogP contribution in [0.15, 0.2) is 47.5 Å². The monoisotopic (exact) mass is 733 g/mol. The van der Waals surface area contributed by atoms with Crippen molar-refractivity contribution in [3.05, 3.63) is 70.3 Å². The number of nitrogens with zero attached hydrogens (tertiary/aromatic N) is 1.